The Kier molecular flexibility index (Phi) is 6.00. The number of rotatable bonds is 8. The minimum absolute atomic E-state index is 0.113. The summed E-state index contributed by atoms with van der Waals surface area (Å²) in [6.45, 7) is 0.992. The van der Waals surface area contributed by atoms with E-state index in [0.717, 1.165) is 0 Å². The zero-order chi connectivity index (χ0) is 17.5. The zero-order valence-electron chi connectivity index (χ0n) is 14.4. The fourth-order valence-corrected chi connectivity index (χ4v) is 2.13. The molecule has 24 heavy (non-hydrogen) atoms. The molecule has 1 aromatic heterocycles. The van der Waals surface area contributed by atoms with Crippen molar-refractivity contribution < 1.29 is 19.0 Å². The second-order valence-corrected chi connectivity index (χ2v) is 5.13. The first kappa shape index (κ1) is 17.6. The van der Waals surface area contributed by atoms with Crippen LogP contribution in [0, 0.1) is 0 Å². The van der Waals surface area contributed by atoms with Crippen LogP contribution in [0.2, 0.25) is 0 Å². The highest BCUT2D eigenvalue weighted by Gasteiger charge is 2.19. The number of hydrogen-bond acceptors (Lipinski definition) is 6. The first-order valence-corrected chi connectivity index (χ1v) is 7.53. The standard InChI is InChI=1S/C16H22N4O4/c1-19(15(21)14-17-16(23-4)20(2)18-14)10-7-11-24-13-9-6-5-8-12(13)22-3/h5-6,8-9H,7,10-11H2,1-4H3. The third-order valence-electron chi connectivity index (χ3n) is 3.41. The van der Waals surface area contributed by atoms with Crippen LogP contribution in [0.5, 0.6) is 17.5 Å². The van der Waals surface area contributed by atoms with Crippen LogP contribution in [0.25, 0.3) is 0 Å². The van der Waals surface area contributed by atoms with Crippen LogP contribution in [0.4, 0.5) is 0 Å². The molecule has 1 heterocycles. The molecule has 2 rings (SSSR count). The Labute approximate surface area is 140 Å². The molecule has 2 aromatic rings. The van der Waals surface area contributed by atoms with Gasteiger partial charge in [-0.1, -0.05) is 12.1 Å². The number of para-hydroxylation sites is 2. The van der Waals surface area contributed by atoms with Gasteiger partial charge in [-0.05, 0) is 18.6 Å². The van der Waals surface area contributed by atoms with Crippen molar-refractivity contribution in [2.24, 2.45) is 7.05 Å². The zero-order valence-corrected chi connectivity index (χ0v) is 14.4. The van der Waals surface area contributed by atoms with Gasteiger partial charge in [0.2, 0.25) is 5.82 Å². The van der Waals surface area contributed by atoms with E-state index in [1.807, 2.05) is 24.3 Å². The van der Waals surface area contributed by atoms with Crippen molar-refractivity contribution in [1.82, 2.24) is 19.7 Å². The molecular formula is C16H22N4O4. The maximum Gasteiger partial charge on any atom is 0.314 e. The number of benzene rings is 1. The summed E-state index contributed by atoms with van der Waals surface area (Å²) in [5.41, 5.74) is 0. The average molecular weight is 334 g/mol. The Balaban J connectivity index is 1.82. The number of hydrogen-bond donors (Lipinski definition) is 0. The fourth-order valence-electron chi connectivity index (χ4n) is 2.13. The molecule has 1 amide bonds. The summed E-state index contributed by atoms with van der Waals surface area (Å²) in [6, 6.07) is 7.74. The monoisotopic (exact) mass is 334 g/mol. The van der Waals surface area contributed by atoms with Crippen LogP contribution in [-0.4, -0.2) is 60.0 Å². The van der Waals surface area contributed by atoms with Crippen molar-refractivity contribution in [3.63, 3.8) is 0 Å². The maximum atomic E-state index is 12.3. The topological polar surface area (TPSA) is 78.7 Å². The Morgan fingerprint density at radius 1 is 1.21 bits per heavy atom. The number of amides is 1. The number of aromatic nitrogens is 3. The third kappa shape index (κ3) is 4.15. The number of carbonyl (C=O) groups excluding carboxylic acids is 1. The Morgan fingerprint density at radius 3 is 2.54 bits per heavy atom. The van der Waals surface area contributed by atoms with Crippen LogP contribution in [0.3, 0.4) is 0 Å². The summed E-state index contributed by atoms with van der Waals surface area (Å²) in [7, 11) is 6.46. The summed E-state index contributed by atoms with van der Waals surface area (Å²) in [4.78, 5) is 17.9. The Hall–Kier alpha value is -2.77. The van der Waals surface area contributed by atoms with E-state index in [1.54, 1.807) is 26.1 Å². The normalized spacial score (nSPS) is 10.3. The van der Waals surface area contributed by atoms with E-state index in [-0.39, 0.29) is 11.7 Å². The smallest absolute Gasteiger partial charge is 0.314 e. The summed E-state index contributed by atoms with van der Waals surface area (Å²) in [6.07, 6.45) is 0.671. The molecule has 0 aliphatic carbocycles. The number of nitrogens with zero attached hydrogens (tertiary/aromatic N) is 4. The van der Waals surface area contributed by atoms with Crippen molar-refractivity contribution in [2.45, 2.75) is 6.42 Å². The second-order valence-electron chi connectivity index (χ2n) is 5.13. The molecule has 0 aliphatic heterocycles. The summed E-state index contributed by atoms with van der Waals surface area (Å²) in [5.74, 6) is 1.23. The van der Waals surface area contributed by atoms with Gasteiger partial charge in [-0.25, -0.2) is 4.68 Å². The van der Waals surface area contributed by atoms with Crippen molar-refractivity contribution in [3.05, 3.63) is 30.1 Å². The van der Waals surface area contributed by atoms with Gasteiger partial charge in [-0.3, -0.25) is 4.79 Å². The Bertz CT molecular complexity index is 686. The maximum absolute atomic E-state index is 12.3. The van der Waals surface area contributed by atoms with Crippen molar-refractivity contribution in [3.8, 4) is 17.5 Å². The molecule has 0 saturated carbocycles. The number of ether oxygens (including phenoxy) is 3. The first-order chi connectivity index (χ1) is 11.6. The average Bonchev–Trinajstić information content (AvgIpc) is 2.98. The lowest BCUT2D eigenvalue weighted by molar-refractivity contribution is 0.0775. The molecule has 1 aromatic carbocycles. The molecule has 130 valence electrons. The van der Waals surface area contributed by atoms with Crippen LogP contribution in [0.1, 0.15) is 17.0 Å². The predicted octanol–water partition coefficient (Wildman–Crippen LogP) is 1.37. The minimum Gasteiger partial charge on any atom is -0.493 e. The third-order valence-corrected chi connectivity index (χ3v) is 3.41. The highest BCUT2D eigenvalue weighted by molar-refractivity contribution is 5.90. The van der Waals surface area contributed by atoms with Crippen LogP contribution in [-0.2, 0) is 7.05 Å². The van der Waals surface area contributed by atoms with Crippen molar-refractivity contribution in [2.75, 3.05) is 34.4 Å². The molecule has 0 unspecified atom stereocenters. The van der Waals surface area contributed by atoms with Crippen LogP contribution in [0.15, 0.2) is 24.3 Å². The molecule has 0 radical (unpaired) electrons. The van der Waals surface area contributed by atoms with Crippen molar-refractivity contribution >= 4 is 5.91 Å². The highest BCUT2D eigenvalue weighted by atomic mass is 16.5. The largest absolute Gasteiger partial charge is 0.493 e. The van der Waals surface area contributed by atoms with E-state index in [2.05, 4.69) is 10.1 Å². The molecule has 0 spiro atoms. The van der Waals surface area contributed by atoms with Crippen LogP contribution < -0.4 is 14.2 Å². The van der Waals surface area contributed by atoms with Gasteiger partial charge in [0.05, 0.1) is 20.8 Å². The molecule has 0 atom stereocenters. The second kappa shape index (κ2) is 8.19. The van der Waals surface area contributed by atoms with Gasteiger partial charge >= 0.3 is 6.01 Å². The van der Waals surface area contributed by atoms with E-state index in [0.29, 0.717) is 37.1 Å². The van der Waals surface area contributed by atoms with Gasteiger partial charge < -0.3 is 19.1 Å². The van der Waals surface area contributed by atoms with E-state index in [1.165, 1.54) is 11.8 Å². The lowest BCUT2D eigenvalue weighted by Crippen LogP contribution is -2.29. The van der Waals surface area contributed by atoms with Crippen molar-refractivity contribution in [1.29, 1.82) is 0 Å². The lowest BCUT2D eigenvalue weighted by Gasteiger charge is -2.16. The molecule has 8 heteroatoms. The van der Waals surface area contributed by atoms with Gasteiger partial charge in [-0.15, -0.1) is 5.10 Å². The summed E-state index contributed by atoms with van der Waals surface area (Å²) < 4.78 is 17.3. The SMILES string of the molecule is COc1ccccc1OCCCN(C)C(=O)c1nc(OC)n(C)n1. The quantitative estimate of drug-likeness (QED) is 0.679. The molecule has 0 N–H and O–H groups in total. The lowest BCUT2D eigenvalue weighted by atomic mass is 10.3. The van der Waals surface area contributed by atoms with Gasteiger partial charge in [0.15, 0.2) is 11.5 Å². The molecule has 8 nitrogen and oxygen atoms in total. The predicted molar refractivity (Wildman–Crippen MR) is 87.6 cm³/mol. The van der Waals surface area contributed by atoms with Gasteiger partial charge in [-0.2, -0.15) is 4.98 Å². The Morgan fingerprint density at radius 2 is 1.92 bits per heavy atom. The van der Waals surface area contributed by atoms with Gasteiger partial charge in [0.1, 0.15) is 0 Å². The van der Waals surface area contributed by atoms with E-state index >= 15 is 0 Å². The highest BCUT2D eigenvalue weighted by Crippen LogP contribution is 2.25. The number of carbonyl (C=O) groups is 1. The molecular weight excluding hydrogens is 312 g/mol. The van der Waals surface area contributed by atoms with Crippen LogP contribution >= 0.6 is 0 Å². The fraction of sp³-hybridized carbons (Fsp3) is 0.438. The molecule has 0 bridgehead atoms. The summed E-state index contributed by atoms with van der Waals surface area (Å²) in [5, 5.41) is 4.04. The minimum atomic E-state index is -0.258. The first-order valence-electron chi connectivity index (χ1n) is 7.53. The molecule has 0 fully saturated rings. The number of aryl methyl sites for hydroxylation is 1. The van der Waals surface area contributed by atoms with E-state index in [9.17, 15) is 4.79 Å². The van der Waals surface area contributed by atoms with E-state index < -0.39 is 0 Å². The van der Waals surface area contributed by atoms with Gasteiger partial charge in [0, 0.05) is 20.6 Å². The molecule has 0 aliphatic rings. The van der Waals surface area contributed by atoms with E-state index in [4.69, 9.17) is 14.2 Å². The molecule has 0 saturated heterocycles. The van der Waals surface area contributed by atoms with Gasteiger partial charge in [0.25, 0.3) is 5.91 Å². The number of methoxy groups -OCH3 is 2. The summed E-state index contributed by atoms with van der Waals surface area (Å²) >= 11 is 0.